The molecule has 1 amide bonds. The van der Waals surface area contributed by atoms with E-state index in [1.807, 2.05) is 0 Å². The van der Waals surface area contributed by atoms with Crippen LogP contribution in [-0.4, -0.2) is 58.1 Å². The minimum atomic E-state index is -0.656. The highest BCUT2D eigenvalue weighted by atomic mass is 16.6. The third-order valence-corrected chi connectivity index (χ3v) is 6.95. The van der Waals surface area contributed by atoms with Crippen molar-refractivity contribution in [3.8, 4) is 0 Å². The van der Waals surface area contributed by atoms with Gasteiger partial charge in [0.2, 0.25) is 5.78 Å². The molecule has 4 rings (SSSR count). The van der Waals surface area contributed by atoms with Crippen molar-refractivity contribution in [2.45, 2.75) is 52.6 Å². The number of aryl methyl sites for hydroxylation is 4. The zero-order valence-corrected chi connectivity index (χ0v) is 26.3. The number of anilines is 1. The molecule has 0 aromatic carbocycles. The van der Waals surface area contributed by atoms with Gasteiger partial charge in [0.25, 0.3) is 0 Å². The summed E-state index contributed by atoms with van der Waals surface area (Å²) in [7, 11) is 6.90. The Hall–Kier alpha value is -5.00. The number of amides is 1. The lowest BCUT2D eigenvalue weighted by molar-refractivity contribution is 0.0635. The Balaban J connectivity index is 1.40. The molecule has 1 N–H and O–H groups in total. The van der Waals surface area contributed by atoms with Gasteiger partial charge in [-0.15, -0.1) is 0 Å². The van der Waals surface area contributed by atoms with Crippen molar-refractivity contribution in [2.24, 2.45) is 28.2 Å². The van der Waals surface area contributed by atoms with Gasteiger partial charge in [-0.3, -0.25) is 24.5 Å². The summed E-state index contributed by atoms with van der Waals surface area (Å²) in [6, 6.07) is 4.98. The lowest BCUT2D eigenvalue weighted by Gasteiger charge is -2.19. The van der Waals surface area contributed by atoms with E-state index in [1.54, 1.807) is 110 Å². The minimum Gasteiger partial charge on any atom is -0.444 e. The number of imidazole rings is 1. The standard InChI is InChI=1S/C32H38N6O6/c1-19(39)24-9-20(15-35(24)5)11-27(40)25-10-21(16-36(25)6)12-29(42)30-33-23(18-38(30)8)14-28(41)26-13-22(17-37(26)7)34-31(43)44-32(2,3)4/h9-10,13,15-18H,11-12,14H2,1-8H3,(H,34,43). The predicted molar refractivity (Wildman–Crippen MR) is 163 cm³/mol. The van der Waals surface area contributed by atoms with E-state index in [4.69, 9.17) is 4.74 Å². The highest BCUT2D eigenvalue weighted by molar-refractivity contribution is 6.00. The molecule has 4 heterocycles. The van der Waals surface area contributed by atoms with E-state index < -0.39 is 11.7 Å². The monoisotopic (exact) mass is 602 g/mol. The molecule has 0 saturated carbocycles. The van der Waals surface area contributed by atoms with Crippen molar-refractivity contribution < 1.29 is 28.7 Å². The quantitative estimate of drug-likeness (QED) is 0.253. The number of ether oxygens (including phenoxy) is 1. The van der Waals surface area contributed by atoms with Crippen LogP contribution >= 0.6 is 0 Å². The largest absolute Gasteiger partial charge is 0.444 e. The first-order chi connectivity index (χ1) is 20.5. The van der Waals surface area contributed by atoms with Gasteiger partial charge in [0, 0.05) is 72.7 Å². The van der Waals surface area contributed by atoms with Gasteiger partial charge in [-0.25, -0.2) is 9.78 Å². The molecule has 0 atom stereocenters. The first kappa shape index (κ1) is 31.9. The van der Waals surface area contributed by atoms with Gasteiger partial charge in [0.15, 0.2) is 23.2 Å². The summed E-state index contributed by atoms with van der Waals surface area (Å²) in [5, 5.41) is 2.63. The summed E-state index contributed by atoms with van der Waals surface area (Å²) in [5.41, 5.74) is 2.95. The number of hydrogen-bond donors (Lipinski definition) is 1. The van der Waals surface area contributed by atoms with Gasteiger partial charge in [-0.1, -0.05) is 0 Å². The molecule has 12 heteroatoms. The fourth-order valence-corrected chi connectivity index (χ4v) is 5.09. The van der Waals surface area contributed by atoms with Crippen molar-refractivity contribution in [1.29, 1.82) is 0 Å². The van der Waals surface area contributed by atoms with Crippen LogP contribution in [0.1, 0.15) is 86.6 Å². The van der Waals surface area contributed by atoms with E-state index in [-0.39, 0.29) is 48.2 Å². The summed E-state index contributed by atoms with van der Waals surface area (Å²) < 4.78 is 11.9. The second-order valence-electron chi connectivity index (χ2n) is 12.1. The number of nitrogens with zero attached hydrogens (tertiary/aromatic N) is 5. The lowest BCUT2D eigenvalue weighted by atomic mass is 10.1. The molecule has 0 aliphatic rings. The highest BCUT2D eigenvalue weighted by Gasteiger charge is 2.22. The molecule has 0 aliphatic heterocycles. The Kier molecular flexibility index (Phi) is 8.93. The van der Waals surface area contributed by atoms with Gasteiger partial charge in [0.1, 0.15) is 5.60 Å². The van der Waals surface area contributed by atoms with Crippen LogP contribution in [0.3, 0.4) is 0 Å². The number of hydrogen-bond acceptors (Lipinski definition) is 7. The van der Waals surface area contributed by atoms with Gasteiger partial charge < -0.3 is 23.0 Å². The molecular formula is C32H38N6O6. The topological polar surface area (TPSA) is 139 Å². The minimum absolute atomic E-state index is 0.0245. The predicted octanol–water partition coefficient (Wildman–Crippen LogP) is 4.26. The molecule has 4 aromatic heterocycles. The van der Waals surface area contributed by atoms with Gasteiger partial charge in [0.05, 0.1) is 34.9 Å². The third kappa shape index (κ3) is 7.49. The molecule has 232 valence electrons. The Labute approximate surface area is 255 Å². The maximum Gasteiger partial charge on any atom is 0.412 e. The molecule has 0 aliphatic carbocycles. The maximum absolute atomic E-state index is 13.2. The van der Waals surface area contributed by atoms with Crippen molar-refractivity contribution >= 4 is 34.9 Å². The Morgan fingerprint density at radius 3 is 1.82 bits per heavy atom. The second-order valence-corrected chi connectivity index (χ2v) is 12.1. The molecule has 0 radical (unpaired) electrons. The number of carbonyl (C=O) groups is 5. The molecule has 12 nitrogen and oxygen atoms in total. The van der Waals surface area contributed by atoms with Crippen LogP contribution in [-0.2, 0) is 52.2 Å². The number of aromatic nitrogens is 5. The molecular weight excluding hydrogens is 564 g/mol. The summed E-state index contributed by atoms with van der Waals surface area (Å²) in [4.78, 5) is 67.6. The number of nitrogens with one attached hydrogen (secondary N) is 1. The van der Waals surface area contributed by atoms with Gasteiger partial charge in [-0.2, -0.15) is 0 Å². The van der Waals surface area contributed by atoms with Gasteiger partial charge >= 0.3 is 6.09 Å². The first-order valence-corrected chi connectivity index (χ1v) is 14.1. The maximum atomic E-state index is 13.2. The van der Waals surface area contributed by atoms with Crippen LogP contribution in [0.25, 0.3) is 0 Å². The zero-order valence-electron chi connectivity index (χ0n) is 26.3. The summed E-state index contributed by atoms with van der Waals surface area (Å²) in [6.45, 7) is 6.76. The normalized spacial score (nSPS) is 11.5. The van der Waals surface area contributed by atoms with Crippen molar-refractivity contribution in [3.05, 3.63) is 82.7 Å². The number of Topliss-reactive ketones (excluding diaryl/α,β-unsaturated/α-hetero) is 4. The van der Waals surface area contributed by atoms with E-state index in [2.05, 4.69) is 10.3 Å². The molecule has 0 unspecified atom stereocenters. The van der Waals surface area contributed by atoms with Crippen molar-refractivity contribution in [2.75, 3.05) is 5.32 Å². The second kappa shape index (κ2) is 12.3. The third-order valence-electron chi connectivity index (χ3n) is 6.95. The average molecular weight is 603 g/mol. The lowest BCUT2D eigenvalue weighted by Crippen LogP contribution is -2.27. The molecule has 0 bridgehead atoms. The fraction of sp³-hybridized carbons (Fsp3) is 0.375. The van der Waals surface area contributed by atoms with Crippen LogP contribution in [0.15, 0.2) is 43.0 Å². The summed E-state index contributed by atoms with van der Waals surface area (Å²) in [6.07, 6.45) is 6.25. The number of rotatable bonds is 11. The molecule has 0 fully saturated rings. The Morgan fingerprint density at radius 1 is 0.705 bits per heavy atom. The average Bonchev–Trinajstić information content (AvgIpc) is 3.64. The van der Waals surface area contributed by atoms with Crippen LogP contribution in [0.4, 0.5) is 10.5 Å². The summed E-state index contributed by atoms with van der Waals surface area (Å²) in [5.74, 6) is -0.497. The van der Waals surface area contributed by atoms with Crippen molar-refractivity contribution in [1.82, 2.24) is 23.3 Å². The van der Waals surface area contributed by atoms with Crippen molar-refractivity contribution in [3.63, 3.8) is 0 Å². The van der Waals surface area contributed by atoms with E-state index in [9.17, 15) is 24.0 Å². The summed E-state index contributed by atoms with van der Waals surface area (Å²) >= 11 is 0. The van der Waals surface area contributed by atoms with E-state index >= 15 is 0 Å². The number of ketones is 4. The fourth-order valence-electron chi connectivity index (χ4n) is 5.09. The van der Waals surface area contributed by atoms with Crippen LogP contribution in [0.2, 0.25) is 0 Å². The van der Waals surface area contributed by atoms with Gasteiger partial charge in [-0.05, 0) is 50.1 Å². The van der Waals surface area contributed by atoms with Crippen LogP contribution in [0.5, 0.6) is 0 Å². The first-order valence-electron chi connectivity index (χ1n) is 14.1. The Morgan fingerprint density at radius 2 is 1.23 bits per heavy atom. The van der Waals surface area contributed by atoms with E-state index in [0.29, 0.717) is 34.0 Å². The van der Waals surface area contributed by atoms with Crippen LogP contribution in [0, 0.1) is 0 Å². The van der Waals surface area contributed by atoms with E-state index in [0.717, 1.165) is 5.56 Å². The molecule has 44 heavy (non-hydrogen) atoms. The van der Waals surface area contributed by atoms with Crippen LogP contribution < -0.4 is 5.32 Å². The molecule has 0 saturated heterocycles. The number of carbonyl (C=O) groups excluding carboxylic acids is 5. The van der Waals surface area contributed by atoms with E-state index in [1.165, 1.54) is 6.92 Å². The molecule has 0 spiro atoms. The highest BCUT2D eigenvalue weighted by Crippen LogP contribution is 2.19. The SMILES string of the molecule is CC(=O)c1cc(CC(=O)c2cc(CC(=O)c3nc(CC(=O)c4cc(NC(=O)OC(C)(C)C)cn4C)cn3C)cn2C)cn1C. The zero-order chi connectivity index (χ0) is 32.5. The smallest absolute Gasteiger partial charge is 0.412 e. The Bertz CT molecular complexity index is 1770. The molecule has 4 aromatic rings.